The second kappa shape index (κ2) is 20.2. The molecule has 0 aromatic heterocycles. The third kappa shape index (κ3) is 12.4. The topological polar surface area (TPSA) is 78.9 Å². The molecular formula is C30H52O6. The lowest BCUT2D eigenvalue weighted by atomic mass is 9.75. The van der Waals surface area contributed by atoms with Crippen LogP contribution in [0, 0.1) is 5.92 Å². The van der Waals surface area contributed by atoms with E-state index in [0.717, 1.165) is 63.9 Å². The van der Waals surface area contributed by atoms with Crippen LogP contribution in [0.25, 0.3) is 0 Å². The van der Waals surface area contributed by atoms with E-state index >= 15 is 0 Å². The first kappa shape index (κ1) is 32.2. The van der Waals surface area contributed by atoms with E-state index in [9.17, 15) is 14.4 Å². The Morgan fingerprint density at radius 1 is 0.750 bits per heavy atom. The molecular weight excluding hydrogens is 456 g/mol. The van der Waals surface area contributed by atoms with Crippen LogP contribution in [0.1, 0.15) is 136 Å². The van der Waals surface area contributed by atoms with Crippen molar-refractivity contribution in [1.29, 1.82) is 0 Å². The number of hydrogen-bond acceptors (Lipinski definition) is 6. The summed E-state index contributed by atoms with van der Waals surface area (Å²) in [6.45, 7) is 8.42. The highest BCUT2D eigenvalue weighted by Crippen LogP contribution is 2.39. The zero-order chi connectivity index (χ0) is 26.5. The van der Waals surface area contributed by atoms with Gasteiger partial charge in [0.2, 0.25) is 5.60 Å². The Kier molecular flexibility index (Phi) is 18.1. The summed E-state index contributed by atoms with van der Waals surface area (Å²) in [4.78, 5) is 38.4. The largest absolute Gasteiger partial charge is 0.465 e. The molecule has 2 unspecified atom stereocenters. The first-order valence-corrected chi connectivity index (χ1v) is 14.7. The first-order valence-electron chi connectivity index (χ1n) is 14.7. The Bertz CT molecular complexity index is 631. The highest BCUT2D eigenvalue weighted by molar-refractivity contribution is 5.92. The van der Waals surface area contributed by atoms with Gasteiger partial charge in [0, 0.05) is 6.08 Å². The lowest BCUT2D eigenvalue weighted by molar-refractivity contribution is -0.198. The standard InChI is InChI=1S/C30H52O6/c1-4-7-9-11-12-13-14-15-17-20-24-34-28(32)26-22-18-19-23-30(26,36-27(31)6-3)29(33)35-25-21-16-10-8-5-2/h6,26H,3-5,7-25H2,1-2H3. The maximum Gasteiger partial charge on any atom is 0.351 e. The minimum atomic E-state index is -1.62. The van der Waals surface area contributed by atoms with Crippen LogP contribution in [-0.4, -0.2) is 36.7 Å². The molecule has 1 fully saturated rings. The van der Waals surface area contributed by atoms with Gasteiger partial charge in [-0.25, -0.2) is 9.59 Å². The Labute approximate surface area is 219 Å². The summed E-state index contributed by atoms with van der Waals surface area (Å²) in [5.74, 6) is -2.66. The highest BCUT2D eigenvalue weighted by Gasteiger charge is 2.55. The third-order valence-corrected chi connectivity index (χ3v) is 7.16. The number of esters is 3. The molecule has 0 aromatic rings. The second-order valence-corrected chi connectivity index (χ2v) is 10.2. The molecule has 0 amide bonds. The fourth-order valence-corrected chi connectivity index (χ4v) is 4.94. The molecule has 0 heterocycles. The minimum absolute atomic E-state index is 0.260. The van der Waals surface area contributed by atoms with Crippen LogP contribution < -0.4 is 0 Å². The lowest BCUT2D eigenvalue weighted by Gasteiger charge is -2.39. The quantitative estimate of drug-likeness (QED) is 0.0686. The van der Waals surface area contributed by atoms with Gasteiger partial charge in [0.15, 0.2) is 0 Å². The van der Waals surface area contributed by atoms with E-state index in [-0.39, 0.29) is 13.0 Å². The summed E-state index contributed by atoms with van der Waals surface area (Å²) in [6, 6.07) is 0. The molecule has 1 rings (SSSR count). The van der Waals surface area contributed by atoms with Crippen molar-refractivity contribution in [2.24, 2.45) is 5.92 Å². The van der Waals surface area contributed by atoms with Gasteiger partial charge in [-0.3, -0.25) is 4.79 Å². The summed E-state index contributed by atoms with van der Waals surface area (Å²) in [6.07, 6.45) is 20.3. The number of rotatable bonds is 21. The molecule has 0 spiro atoms. The molecule has 0 aliphatic heterocycles. The van der Waals surface area contributed by atoms with Crippen molar-refractivity contribution in [3.05, 3.63) is 12.7 Å². The Balaban J connectivity index is 2.54. The summed E-state index contributed by atoms with van der Waals surface area (Å²) >= 11 is 0. The molecule has 1 aliphatic carbocycles. The molecule has 208 valence electrons. The fourth-order valence-electron chi connectivity index (χ4n) is 4.94. The Morgan fingerprint density at radius 3 is 1.78 bits per heavy atom. The van der Waals surface area contributed by atoms with Crippen molar-refractivity contribution in [3.8, 4) is 0 Å². The monoisotopic (exact) mass is 508 g/mol. The zero-order valence-corrected chi connectivity index (χ0v) is 23.2. The van der Waals surface area contributed by atoms with Gasteiger partial charge >= 0.3 is 17.9 Å². The molecule has 0 aromatic carbocycles. The lowest BCUT2D eigenvalue weighted by Crippen LogP contribution is -2.55. The van der Waals surface area contributed by atoms with E-state index in [0.29, 0.717) is 19.4 Å². The van der Waals surface area contributed by atoms with Gasteiger partial charge < -0.3 is 14.2 Å². The minimum Gasteiger partial charge on any atom is -0.465 e. The molecule has 1 aliphatic rings. The van der Waals surface area contributed by atoms with Crippen molar-refractivity contribution in [2.45, 2.75) is 141 Å². The maximum absolute atomic E-state index is 13.2. The van der Waals surface area contributed by atoms with E-state index in [1.54, 1.807) is 0 Å². The summed E-state index contributed by atoms with van der Waals surface area (Å²) in [5, 5.41) is 0. The van der Waals surface area contributed by atoms with Gasteiger partial charge in [-0.15, -0.1) is 0 Å². The van der Waals surface area contributed by atoms with E-state index in [2.05, 4.69) is 20.4 Å². The van der Waals surface area contributed by atoms with Crippen molar-refractivity contribution in [1.82, 2.24) is 0 Å². The predicted octanol–water partition coefficient (Wildman–Crippen LogP) is 7.62. The number of carbonyl (C=O) groups excluding carboxylic acids is 3. The van der Waals surface area contributed by atoms with Crippen LogP contribution in [0.5, 0.6) is 0 Å². The van der Waals surface area contributed by atoms with Gasteiger partial charge in [0.25, 0.3) is 0 Å². The first-order chi connectivity index (χ1) is 17.5. The van der Waals surface area contributed by atoms with Crippen LogP contribution in [0.2, 0.25) is 0 Å². The van der Waals surface area contributed by atoms with Gasteiger partial charge in [-0.1, -0.05) is 110 Å². The fraction of sp³-hybridized carbons (Fsp3) is 0.833. The van der Waals surface area contributed by atoms with Crippen molar-refractivity contribution >= 4 is 17.9 Å². The smallest absolute Gasteiger partial charge is 0.351 e. The van der Waals surface area contributed by atoms with Crippen LogP contribution in [0.15, 0.2) is 12.7 Å². The van der Waals surface area contributed by atoms with Gasteiger partial charge in [-0.05, 0) is 32.1 Å². The number of unbranched alkanes of at least 4 members (excludes halogenated alkanes) is 13. The van der Waals surface area contributed by atoms with Crippen LogP contribution >= 0.6 is 0 Å². The molecule has 36 heavy (non-hydrogen) atoms. The molecule has 0 bridgehead atoms. The molecule has 6 heteroatoms. The van der Waals surface area contributed by atoms with E-state index < -0.39 is 29.4 Å². The molecule has 0 N–H and O–H groups in total. The summed E-state index contributed by atoms with van der Waals surface area (Å²) < 4.78 is 16.7. The Hall–Kier alpha value is -1.85. The van der Waals surface area contributed by atoms with Gasteiger partial charge in [0.05, 0.1) is 13.2 Å². The van der Waals surface area contributed by atoms with Crippen LogP contribution in [0.3, 0.4) is 0 Å². The number of carbonyl (C=O) groups is 3. The summed E-state index contributed by atoms with van der Waals surface area (Å²) in [5.41, 5.74) is -1.62. The van der Waals surface area contributed by atoms with Gasteiger partial charge in [0.1, 0.15) is 5.92 Å². The SMILES string of the molecule is C=CC(=O)OC1(C(=O)OCCCCCCC)CCCCC1C(=O)OCCCCCCCCCCCC. The van der Waals surface area contributed by atoms with Crippen LogP contribution in [0.4, 0.5) is 0 Å². The molecule has 0 saturated heterocycles. The van der Waals surface area contributed by atoms with E-state index in [1.165, 1.54) is 44.9 Å². The average molecular weight is 509 g/mol. The molecule has 0 radical (unpaired) electrons. The molecule has 1 saturated carbocycles. The number of hydrogen-bond donors (Lipinski definition) is 0. The summed E-state index contributed by atoms with van der Waals surface area (Å²) in [7, 11) is 0. The molecule has 2 atom stereocenters. The van der Waals surface area contributed by atoms with Crippen LogP contribution in [-0.2, 0) is 28.6 Å². The Morgan fingerprint density at radius 2 is 1.25 bits per heavy atom. The van der Waals surface area contributed by atoms with E-state index in [1.807, 2.05) is 0 Å². The van der Waals surface area contributed by atoms with E-state index in [4.69, 9.17) is 14.2 Å². The number of ether oxygens (including phenoxy) is 3. The molecule has 6 nitrogen and oxygen atoms in total. The average Bonchev–Trinajstić information content (AvgIpc) is 2.89. The third-order valence-electron chi connectivity index (χ3n) is 7.16. The highest BCUT2D eigenvalue weighted by atomic mass is 16.6. The van der Waals surface area contributed by atoms with Gasteiger partial charge in [-0.2, -0.15) is 0 Å². The van der Waals surface area contributed by atoms with Crippen molar-refractivity contribution in [3.63, 3.8) is 0 Å². The predicted molar refractivity (Wildman–Crippen MR) is 143 cm³/mol. The maximum atomic E-state index is 13.2. The second-order valence-electron chi connectivity index (χ2n) is 10.2. The normalized spacial score (nSPS) is 19.4. The van der Waals surface area contributed by atoms with Crippen molar-refractivity contribution in [2.75, 3.05) is 13.2 Å². The van der Waals surface area contributed by atoms with Crippen molar-refractivity contribution < 1.29 is 28.6 Å². The zero-order valence-electron chi connectivity index (χ0n) is 23.2.